The van der Waals surface area contributed by atoms with Crippen LogP contribution in [0.4, 0.5) is 28.4 Å². The molecule has 2 unspecified atom stereocenters. The van der Waals surface area contributed by atoms with Crippen molar-refractivity contribution in [1.29, 1.82) is 0 Å². The van der Waals surface area contributed by atoms with Gasteiger partial charge in [-0.15, -0.1) is 0 Å². The van der Waals surface area contributed by atoms with E-state index >= 15 is 0 Å². The predicted molar refractivity (Wildman–Crippen MR) is 314 cm³/mol. The van der Waals surface area contributed by atoms with Crippen LogP contribution < -0.4 is 38.2 Å². The zero-order valence-corrected chi connectivity index (χ0v) is 45.0. The molecular formula is C70H64N2O6. The van der Waals surface area contributed by atoms with Crippen LogP contribution >= 0.6 is 0 Å². The van der Waals surface area contributed by atoms with Crippen molar-refractivity contribution in [2.75, 3.05) is 9.80 Å². The van der Waals surface area contributed by atoms with E-state index in [9.17, 15) is 0 Å². The molecule has 1 aliphatic heterocycles. The van der Waals surface area contributed by atoms with Gasteiger partial charge in [-0.05, 0) is 120 Å². The molecule has 0 saturated heterocycles. The Bertz CT molecular complexity index is 3490. The van der Waals surface area contributed by atoms with Gasteiger partial charge in [-0.1, -0.05) is 144 Å². The zero-order valence-electron chi connectivity index (χ0n) is 45.0. The Balaban J connectivity index is 0.965. The Morgan fingerprint density at radius 2 is 0.910 bits per heavy atom. The molecule has 0 bridgehead atoms. The number of hydrogen-bond donors (Lipinski definition) is 0. The highest BCUT2D eigenvalue weighted by molar-refractivity contribution is 5.79. The normalized spacial score (nSPS) is 16.4. The molecule has 9 aromatic carbocycles. The minimum Gasteiger partial charge on any atom is -0.486 e. The summed E-state index contributed by atoms with van der Waals surface area (Å²) in [7, 11) is 0. The van der Waals surface area contributed by atoms with Gasteiger partial charge in [0.25, 0.3) is 0 Å². The monoisotopic (exact) mass is 1030 g/mol. The summed E-state index contributed by atoms with van der Waals surface area (Å²) in [6, 6.07) is 77.1. The second kappa shape index (κ2) is 21.8. The molecule has 8 heteroatoms. The van der Waals surface area contributed by atoms with Crippen LogP contribution in [0.5, 0.6) is 51.7 Å². The largest absolute Gasteiger partial charge is 0.486 e. The third kappa shape index (κ3) is 11.8. The number of anilines is 5. The summed E-state index contributed by atoms with van der Waals surface area (Å²) in [4.78, 5) is 4.49. The quantitative estimate of drug-likeness (QED) is 0.0949. The Morgan fingerprint density at radius 1 is 0.462 bits per heavy atom. The molecule has 0 amide bonds. The molecule has 1 aliphatic carbocycles. The molecule has 11 rings (SSSR count). The van der Waals surface area contributed by atoms with Crippen LogP contribution in [0, 0.1) is 0 Å². The van der Waals surface area contributed by atoms with E-state index in [4.69, 9.17) is 28.4 Å². The fourth-order valence-corrected chi connectivity index (χ4v) is 10.5. The number of nitrogens with zero attached hydrogens (tertiary/aromatic N) is 2. The minimum atomic E-state index is -1.10. The van der Waals surface area contributed by atoms with Gasteiger partial charge >= 0.3 is 0 Å². The molecule has 0 N–H and O–H groups in total. The molecule has 0 radical (unpaired) electrons. The third-order valence-corrected chi connectivity index (χ3v) is 13.9. The van der Waals surface area contributed by atoms with Crippen LogP contribution in [0.25, 0.3) is 0 Å². The number of fused-ring (bicyclic) bond motifs is 1. The Hall–Kier alpha value is -9.14. The molecule has 78 heavy (non-hydrogen) atoms. The van der Waals surface area contributed by atoms with Crippen molar-refractivity contribution in [2.24, 2.45) is 0 Å². The molecule has 0 spiro atoms. The van der Waals surface area contributed by atoms with Crippen molar-refractivity contribution in [1.82, 2.24) is 0 Å². The number of benzene rings is 9. The van der Waals surface area contributed by atoms with Gasteiger partial charge < -0.3 is 38.2 Å². The van der Waals surface area contributed by atoms with E-state index in [-0.39, 0.29) is 16.9 Å². The number of para-hydroxylation sites is 4. The van der Waals surface area contributed by atoms with E-state index in [0.29, 0.717) is 24.3 Å². The minimum absolute atomic E-state index is 0.190. The highest BCUT2D eigenvalue weighted by Crippen LogP contribution is 2.50. The first kappa shape index (κ1) is 51.0. The lowest BCUT2D eigenvalue weighted by atomic mass is 9.76. The molecule has 0 fully saturated rings. The van der Waals surface area contributed by atoms with E-state index in [0.717, 1.165) is 85.5 Å². The maximum atomic E-state index is 7.44. The maximum Gasteiger partial charge on any atom is 0.249 e. The zero-order chi connectivity index (χ0) is 53.7. The van der Waals surface area contributed by atoms with E-state index < -0.39 is 5.79 Å². The van der Waals surface area contributed by atoms with Crippen molar-refractivity contribution in [3.63, 3.8) is 0 Å². The highest BCUT2D eigenvalue weighted by atomic mass is 16.7. The summed E-state index contributed by atoms with van der Waals surface area (Å²) in [6.07, 6.45) is 7.37. The van der Waals surface area contributed by atoms with Crippen LogP contribution in [-0.4, -0.2) is 11.9 Å². The first-order valence-electron chi connectivity index (χ1n) is 26.7. The van der Waals surface area contributed by atoms with Crippen LogP contribution in [0.3, 0.4) is 0 Å². The van der Waals surface area contributed by atoms with Gasteiger partial charge in [0.2, 0.25) is 5.79 Å². The van der Waals surface area contributed by atoms with Gasteiger partial charge in [0, 0.05) is 95.2 Å². The topological polar surface area (TPSA) is 61.9 Å². The van der Waals surface area contributed by atoms with Crippen LogP contribution in [0.15, 0.2) is 254 Å². The highest BCUT2D eigenvalue weighted by Gasteiger charge is 2.45. The van der Waals surface area contributed by atoms with Crippen molar-refractivity contribution >= 4 is 28.4 Å². The average Bonchev–Trinajstić information content (AvgIpc) is 3.44. The van der Waals surface area contributed by atoms with Gasteiger partial charge in [-0.25, -0.2) is 0 Å². The van der Waals surface area contributed by atoms with Crippen LogP contribution in [0.1, 0.15) is 65.5 Å². The molecule has 9 aromatic rings. The molecule has 0 aromatic heterocycles. The third-order valence-electron chi connectivity index (χ3n) is 13.9. The van der Waals surface area contributed by atoms with Crippen molar-refractivity contribution in [3.05, 3.63) is 266 Å². The van der Waals surface area contributed by atoms with Gasteiger partial charge in [-0.2, -0.15) is 0 Å². The molecule has 2 aliphatic rings. The van der Waals surface area contributed by atoms with Crippen LogP contribution in [-0.2, 0) is 10.8 Å². The lowest BCUT2D eigenvalue weighted by Crippen LogP contribution is -2.48. The number of hydrogen-bond acceptors (Lipinski definition) is 8. The predicted octanol–water partition coefficient (Wildman–Crippen LogP) is 19.1. The Labute approximate surface area is 459 Å². The van der Waals surface area contributed by atoms with E-state index in [1.165, 1.54) is 0 Å². The lowest BCUT2D eigenvalue weighted by molar-refractivity contribution is -0.127. The second-order valence-electron chi connectivity index (χ2n) is 21.6. The number of ether oxygens (including phenoxy) is 6. The molecule has 0 saturated carbocycles. The average molecular weight is 1030 g/mol. The summed E-state index contributed by atoms with van der Waals surface area (Å²) >= 11 is 0. The number of allylic oxidation sites excluding steroid dienone is 2. The van der Waals surface area contributed by atoms with E-state index in [1.807, 2.05) is 158 Å². The Morgan fingerprint density at radius 3 is 1.42 bits per heavy atom. The molecule has 1 heterocycles. The van der Waals surface area contributed by atoms with Crippen LogP contribution in [0.2, 0.25) is 0 Å². The Kier molecular flexibility index (Phi) is 14.3. The smallest absolute Gasteiger partial charge is 0.249 e. The van der Waals surface area contributed by atoms with Crippen molar-refractivity contribution < 1.29 is 28.4 Å². The lowest BCUT2D eigenvalue weighted by Gasteiger charge is -2.45. The van der Waals surface area contributed by atoms with Crippen molar-refractivity contribution in [3.8, 4) is 51.7 Å². The maximum absolute atomic E-state index is 7.44. The first-order valence-corrected chi connectivity index (χ1v) is 26.7. The van der Waals surface area contributed by atoms with Gasteiger partial charge in [0.15, 0.2) is 0 Å². The van der Waals surface area contributed by atoms with E-state index in [2.05, 4.69) is 142 Å². The molecule has 8 nitrogen and oxygen atoms in total. The number of rotatable bonds is 16. The van der Waals surface area contributed by atoms with E-state index in [1.54, 1.807) is 0 Å². The second-order valence-corrected chi connectivity index (χ2v) is 21.6. The molecule has 2 atom stereocenters. The summed E-state index contributed by atoms with van der Waals surface area (Å²) in [6.45, 7) is 13.3. The summed E-state index contributed by atoms with van der Waals surface area (Å²) in [5.41, 5.74) is 7.08. The van der Waals surface area contributed by atoms with Gasteiger partial charge in [0.05, 0.1) is 0 Å². The fraction of sp³-hybridized carbons (Fsp3) is 0.171. The summed E-state index contributed by atoms with van der Waals surface area (Å²) < 4.78 is 40.5. The summed E-state index contributed by atoms with van der Waals surface area (Å²) in [5, 5.41) is 0. The first-order chi connectivity index (χ1) is 37.8. The van der Waals surface area contributed by atoms with Gasteiger partial charge in [0.1, 0.15) is 57.8 Å². The van der Waals surface area contributed by atoms with Crippen molar-refractivity contribution in [2.45, 2.75) is 77.1 Å². The summed E-state index contributed by atoms with van der Waals surface area (Å²) in [5.74, 6) is 5.59. The SMILES string of the molecule is CC1(Oc2cc(N(c3cccc(Oc4ccccc4)c3)c3cccc(Oc4ccccc4)c3)ccc2C(C)(C)C)CC(C)(C)c2ccc(N(C3=CC=CC(Oc4ccccc4)C3)c3cccc(Oc4ccccc4)c3)cc2O1. The molecular weight excluding hydrogens is 965 g/mol. The van der Waals surface area contributed by atoms with Gasteiger partial charge in [-0.3, -0.25) is 0 Å². The fourth-order valence-electron chi connectivity index (χ4n) is 10.5. The standard InChI is InChI=1S/C70H64N2O6/c1-68(2,3)64-41-39-54(71(50-23-19-35-60(43-50)73-56-27-11-7-12-28-56)51-24-20-36-61(44-51)74-57-29-13-8-14-30-57)47-66(64)77-70(6)49-69(4,5)65-42-40-55(48-67(65)78-70)72(52-25-21-37-62(45-52)75-58-31-15-9-16-32-58)53-26-22-38-63(46-53)76-59-33-17-10-18-34-59/h7-45,47-48,63H,46,49H2,1-6H3. The molecule has 390 valence electrons.